The zero-order valence-electron chi connectivity index (χ0n) is 10.7. The van der Waals surface area contributed by atoms with Crippen LogP contribution in [0.1, 0.15) is 18.0 Å². The quantitative estimate of drug-likeness (QED) is 0.882. The second kappa shape index (κ2) is 5.34. The molecule has 0 aliphatic carbocycles. The van der Waals surface area contributed by atoms with Gasteiger partial charge < -0.3 is 15.6 Å². The van der Waals surface area contributed by atoms with Crippen LogP contribution in [0.25, 0.3) is 0 Å². The molecule has 0 bridgehead atoms. The Labute approximate surface area is 112 Å². The van der Waals surface area contributed by atoms with Crippen molar-refractivity contribution in [1.82, 2.24) is 4.90 Å². The Hall–Kier alpha value is -0.970. The van der Waals surface area contributed by atoms with Crippen molar-refractivity contribution in [1.29, 1.82) is 0 Å². The van der Waals surface area contributed by atoms with Gasteiger partial charge in [-0.15, -0.1) is 0 Å². The number of phenolic OH excluding ortho intramolecular Hbond substituents is 1. The summed E-state index contributed by atoms with van der Waals surface area (Å²) in [6.07, 6.45) is 0.950. The van der Waals surface area contributed by atoms with Crippen LogP contribution < -0.4 is 10.5 Å². The van der Waals surface area contributed by atoms with Gasteiger partial charge in [0.2, 0.25) is 0 Å². The van der Waals surface area contributed by atoms with Gasteiger partial charge in [-0.2, -0.15) is 0 Å². The van der Waals surface area contributed by atoms with E-state index in [1.54, 1.807) is 13.2 Å². The molecule has 0 spiro atoms. The number of hydrogen-bond acceptors (Lipinski definition) is 4. The summed E-state index contributed by atoms with van der Waals surface area (Å²) in [6.45, 7) is 1.62. The lowest BCUT2D eigenvalue weighted by Gasteiger charge is -2.21. The molecule has 0 saturated carbocycles. The second-order valence-corrected chi connectivity index (χ2v) is 5.25. The fraction of sp³-hybridized carbons (Fsp3) is 0.538. The Bertz CT molecular complexity index is 439. The molecule has 1 fully saturated rings. The van der Waals surface area contributed by atoms with Crippen molar-refractivity contribution in [3.05, 3.63) is 22.7 Å². The monoisotopic (exact) mass is 270 g/mol. The van der Waals surface area contributed by atoms with Gasteiger partial charge in [0.1, 0.15) is 11.5 Å². The average molecular weight is 271 g/mol. The number of phenols is 1. The molecule has 0 aromatic heterocycles. The van der Waals surface area contributed by atoms with E-state index >= 15 is 0 Å². The predicted octanol–water partition coefficient (Wildman–Crippen LogP) is 2.01. The number of aromatic hydroxyl groups is 1. The number of hydrogen-bond donors (Lipinski definition) is 2. The molecular formula is C13H19ClN2O2. The molecule has 0 amide bonds. The minimum Gasteiger partial charge on any atom is -0.508 e. The number of likely N-dealkylation sites (tertiary alicyclic amines) is 1. The van der Waals surface area contributed by atoms with E-state index in [9.17, 15) is 5.11 Å². The molecule has 1 aliphatic heterocycles. The molecule has 2 unspecified atom stereocenters. The summed E-state index contributed by atoms with van der Waals surface area (Å²) in [5.74, 6) is 1.28. The molecule has 1 heterocycles. The normalized spacial score (nSPS) is 24.4. The minimum atomic E-state index is 0.171. The van der Waals surface area contributed by atoms with E-state index < -0.39 is 0 Å². The maximum atomic E-state index is 10.1. The van der Waals surface area contributed by atoms with Crippen molar-refractivity contribution in [3.63, 3.8) is 0 Å². The summed E-state index contributed by atoms with van der Waals surface area (Å²) in [5.41, 5.74) is 6.58. The van der Waals surface area contributed by atoms with Crippen LogP contribution in [0.3, 0.4) is 0 Å². The maximum absolute atomic E-state index is 10.1. The van der Waals surface area contributed by atoms with Crippen LogP contribution in [0.5, 0.6) is 11.5 Å². The molecule has 1 saturated heterocycles. The van der Waals surface area contributed by atoms with Crippen molar-refractivity contribution < 1.29 is 9.84 Å². The van der Waals surface area contributed by atoms with Gasteiger partial charge >= 0.3 is 0 Å². The molecule has 2 atom stereocenters. The van der Waals surface area contributed by atoms with Crippen molar-refractivity contribution in [3.8, 4) is 11.5 Å². The van der Waals surface area contributed by atoms with Gasteiger partial charge in [0.15, 0.2) is 0 Å². The Kier molecular flexibility index (Phi) is 4.00. The third-order valence-electron chi connectivity index (χ3n) is 3.63. The van der Waals surface area contributed by atoms with Gasteiger partial charge in [0, 0.05) is 24.2 Å². The zero-order chi connectivity index (χ0) is 13.3. The summed E-state index contributed by atoms with van der Waals surface area (Å²) in [4.78, 5) is 2.21. The van der Waals surface area contributed by atoms with Crippen LogP contribution >= 0.6 is 11.6 Å². The van der Waals surface area contributed by atoms with E-state index in [2.05, 4.69) is 4.90 Å². The Balaban J connectivity index is 2.33. The van der Waals surface area contributed by atoms with E-state index in [-0.39, 0.29) is 11.8 Å². The summed E-state index contributed by atoms with van der Waals surface area (Å²) in [6, 6.07) is 3.53. The molecule has 4 nitrogen and oxygen atoms in total. The van der Waals surface area contributed by atoms with Crippen molar-refractivity contribution >= 4 is 11.6 Å². The van der Waals surface area contributed by atoms with Crippen LogP contribution in [0.2, 0.25) is 5.02 Å². The fourth-order valence-electron chi connectivity index (χ4n) is 2.62. The van der Waals surface area contributed by atoms with Gasteiger partial charge in [-0.3, -0.25) is 4.90 Å². The zero-order valence-corrected chi connectivity index (χ0v) is 11.4. The number of nitrogens with zero attached hydrogens (tertiary/aromatic N) is 1. The molecular weight excluding hydrogens is 252 g/mol. The summed E-state index contributed by atoms with van der Waals surface area (Å²) < 4.78 is 5.20. The predicted molar refractivity (Wildman–Crippen MR) is 72.2 cm³/mol. The van der Waals surface area contributed by atoms with E-state index in [1.807, 2.05) is 13.1 Å². The molecule has 100 valence electrons. The van der Waals surface area contributed by atoms with Gasteiger partial charge in [-0.1, -0.05) is 11.6 Å². The second-order valence-electron chi connectivity index (χ2n) is 4.84. The first kappa shape index (κ1) is 13.5. The molecule has 1 aliphatic rings. The first-order valence-electron chi connectivity index (χ1n) is 6.03. The summed E-state index contributed by atoms with van der Waals surface area (Å²) in [5, 5.41) is 10.5. The van der Waals surface area contributed by atoms with Crippen molar-refractivity contribution in [2.24, 2.45) is 11.7 Å². The average Bonchev–Trinajstić information content (AvgIpc) is 2.71. The first-order chi connectivity index (χ1) is 8.56. The number of ether oxygens (including phenoxy) is 1. The van der Waals surface area contributed by atoms with E-state index in [1.165, 1.54) is 0 Å². The van der Waals surface area contributed by atoms with Crippen LogP contribution in [-0.4, -0.2) is 37.3 Å². The highest BCUT2D eigenvalue weighted by molar-refractivity contribution is 6.32. The third kappa shape index (κ3) is 2.41. The molecule has 2 rings (SSSR count). The maximum Gasteiger partial charge on any atom is 0.138 e. The smallest absolute Gasteiger partial charge is 0.138 e. The Morgan fingerprint density at radius 3 is 2.83 bits per heavy atom. The molecule has 3 N–H and O–H groups in total. The first-order valence-corrected chi connectivity index (χ1v) is 6.41. The van der Waals surface area contributed by atoms with Crippen molar-refractivity contribution in [2.45, 2.75) is 12.5 Å². The number of nitrogens with two attached hydrogens (primary N) is 1. The third-order valence-corrected chi connectivity index (χ3v) is 3.92. The van der Waals surface area contributed by atoms with E-state index in [4.69, 9.17) is 22.1 Å². The van der Waals surface area contributed by atoms with Crippen LogP contribution in [0, 0.1) is 5.92 Å². The Morgan fingerprint density at radius 1 is 1.56 bits per heavy atom. The van der Waals surface area contributed by atoms with Gasteiger partial charge in [-0.25, -0.2) is 0 Å². The molecule has 5 heteroatoms. The highest BCUT2D eigenvalue weighted by Gasteiger charge is 2.31. The van der Waals surface area contributed by atoms with Crippen molar-refractivity contribution in [2.75, 3.05) is 27.2 Å². The lowest BCUT2D eigenvalue weighted by atomic mass is 9.99. The fourth-order valence-corrected chi connectivity index (χ4v) is 2.86. The lowest BCUT2D eigenvalue weighted by Crippen LogP contribution is -2.20. The number of benzene rings is 1. The highest BCUT2D eigenvalue weighted by Crippen LogP contribution is 2.41. The summed E-state index contributed by atoms with van der Waals surface area (Å²) in [7, 11) is 3.62. The molecule has 1 aromatic carbocycles. The SMILES string of the molecule is COc1cc(C2CC(CN)CN2C)c(O)cc1Cl. The van der Waals surface area contributed by atoms with Gasteiger partial charge in [-0.05, 0) is 32.0 Å². The molecule has 1 aromatic rings. The van der Waals surface area contributed by atoms with Gasteiger partial charge in [0.05, 0.1) is 12.1 Å². The topological polar surface area (TPSA) is 58.7 Å². The number of halogens is 1. The van der Waals surface area contributed by atoms with Crippen LogP contribution in [0.4, 0.5) is 0 Å². The minimum absolute atomic E-state index is 0.171. The summed E-state index contributed by atoms with van der Waals surface area (Å²) >= 11 is 5.98. The highest BCUT2D eigenvalue weighted by atomic mass is 35.5. The lowest BCUT2D eigenvalue weighted by molar-refractivity contribution is 0.304. The standard InChI is InChI=1S/C13H19ClN2O2/c1-16-7-8(6-15)3-11(16)9-4-13(18-2)10(14)5-12(9)17/h4-5,8,11,17H,3,6-7,15H2,1-2H3. The molecule has 0 radical (unpaired) electrons. The van der Waals surface area contributed by atoms with E-state index in [0.717, 1.165) is 18.5 Å². The molecule has 18 heavy (non-hydrogen) atoms. The number of rotatable bonds is 3. The van der Waals surface area contributed by atoms with E-state index in [0.29, 0.717) is 23.2 Å². The largest absolute Gasteiger partial charge is 0.508 e. The van der Waals surface area contributed by atoms with Gasteiger partial charge in [0.25, 0.3) is 0 Å². The number of methoxy groups -OCH3 is 1. The van der Waals surface area contributed by atoms with Crippen LogP contribution in [-0.2, 0) is 0 Å². The van der Waals surface area contributed by atoms with Crippen LogP contribution in [0.15, 0.2) is 12.1 Å². The Morgan fingerprint density at radius 2 is 2.28 bits per heavy atom.